The minimum absolute atomic E-state index is 0.0631. The second kappa shape index (κ2) is 9.59. The molecule has 3 atom stereocenters. The van der Waals surface area contributed by atoms with E-state index < -0.39 is 55.0 Å². The molecule has 44 heavy (non-hydrogen) atoms. The zero-order chi connectivity index (χ0) is 32.0. The molecule has 0 amide bonds. The number of fused-ring (bicyclic) bond motifs is 9. The van der Waals surface area contributed by atoms with Crippen LogP contribution in [0.25, 0.3) is 0 Å². The Kier molecular flexibility index (Phi) is 6.27. The fraction of sp³-hybridized carbons (Fsp3) is 0.379. The van der Waals surface area contributed by atoms with Crippen LogP contribution in [0.1, 0.15) is 58.1 Å². The number of nitro benzene ring substituents is 3. The smallest absolute Gasteiger partial charge is 0.318 e. The van der Waals surface area contributed by atoms with E-state index >= 15 is 0 Å². The van der Waals surface area contributed by atoms with Crippen molar-refractivity contribution >= 4 is 17.1 Å². The second-order valence-corrected chi connectivity index (χ2v) is 10.8. The molecule has 0 bridgehead atoms. The van der Waals surface area contributed by atoms with Crippen molar-refractivity contribution in [1.82, 2.24) is 0 Å². The zero-order valence-corrected chi connectivity index (χ0v) is 24.7. The lowest BCUT2D eigenvalue weighted by Gasteiger charge is -2.30. The molecule has 3 aromatic carbocycles. The number of nitrogens with zero attached hydrogens (tertiary/aromatic N) is 3. The Morgan fingerprint density at radius 3 is 0.955 bits per heavy atom. The topological polar surface area (TPSA) is 185 Å². The van der Waals surface area contributed by atoms with Gasteiger partial charge in [-0.25, -0.2) is 0 Å². The highest BCUT2D eigenvalue weighted by Gasteiger charge is 2.70. The minimum Gasteiger partial charge on any atom is -0.493 e. The average molecular weight is 610 g/mol. The van der Waals surface area contributed by atoms with Crippen LogP contribution in [0.2, 0.25) is 0 Å². The molecule has 230 valence electrons. The van der Waals surface area contributed by atoms with Gasteiger partial charge < -0.3 is 28.4 Å². The summed E-state index contributed by atoms with van der Waals surface area (Å²) in [7, 11) is 7.83. The lowest BCUT2D eigenvalue weighted by atomic mass is 9.70. The molecule has 3 aromatic rings. The lowest BCUT2D eigenvalue weighted by molar-refractivity contribution is -0.386. The largest absolute Gasteiger partial charge is 0.493 e. The Morgan fingerprint density at radius 1 is 0.523 bits per heavy atom. The number of hydrogen-bond acceptors (Lipinski definition) is 12. The van der Waals surface area contributed by atoms with E-state index in [0.717, 1.165) is 0 Å². The molecule has 3 aliphatic rings. The van der Waals surface area contributed by atoms with Gasteiger partial charge in [0.15, 0.2) is 17.2 Å². The summed E-state index contributed by atoms with van der Waals surface area (Å²) in [5.74, 6) is -2.79. The molecule has 6 rings (SSSR count). The first kappa shape index (κ1) is 28.8. The van der Waals surface area contributed by atoms with E-state index in [4.69, 9.17) is 28.4 Å². The van der Waals surface area contributed by atoms with Gasteiger partial charge in [0.1, 0.15) is 0 Å². The van der Waals surface area contributed by atoms with E-state index in [2.05, 4.69) is 0 Å². The molecule has 0 saturated carbocycles. The van der Waals surface area contributed by atoms with E-state index in [-0.39, 0.29) is 51.2 Å². The summed E-state index contributed by atoms with van der Waals surface area (Å²) < 4.78 is 33.0. The number of ether oxygens (including phenoxy) is 6. The molecule has 0 spiro atoms. The van der Waals surface area contributed by atoms with Gasteiger partial charge in [-0.3, -0.25) is 30.3 Å². The van der Waals surface area contributed by atoms with Crippen LogP contribution in [0.15, 0.2) is 18.2 Å². The van der Waals surface area contributed by atoms with Crippen LogP contribution < -0.4 is 28.4 Å². The van der Waals surface area contributed by atoms with Crippen molar-refractivity contribution in [3.8, 4) is 34.5 Å². The molecule has 0 aliphatic heterocycles. The van der Waals surface area contributed by atoms with Crippen molar-refractivity contribution in [2.45, 2.75) is 24.7 Å². The Balaban J connectivity index is 1.91. The molecule has 0 N–H and O–H groups in total. The van der Waals surface area contributed by atoms with Crippen molar-refractivity contribution in [3.63, 3.8) is 0 Å². The van der Waals surface area contributed by atoms with Gasteiger partial charge in [0.25, 0.3) is 0 Å². The number of methoxy groups -OCH3 is 6. The van der Waals surface area contributed by atoms with Crippen molar-refractivity contribution < 1.29 is 43.2 Å². The van der Waals surface area contributed by atoms with Crippen molar-refractivity contribution in [2.75, 3.05) is 42.7 Å². The monoisotopic (exact) mass is 609 g/mol. The number of rotatable bonds is 9. The molecular formula is C29H27N3O12. The first-order valence-corrected chi connectivity index (χ1v) is 13.3. The zero-order valence-electron chi connectivity index (χ0n) is 24.7. The predicted octanol–water partition coefficient (Wildman–Crippen LogP) is 5.21. The number of hydrogen-bond donors (Lipinski definition) is 0. The third kappa shape index (κ3) is 3.20. The summed E-state index contributed by atoms with van der Waals surface area (Å²) in [6, 6.07) is 4.78. The molecular weight excluding hydrogens is 582 g/mol. The van der Waals surface area contributed by atoms with Crippen LogP contribution in [-0.2, 0) is 0 Å². The van der Waals surface area contributed by atoms with E-state index in [9.17, 15) is 30.3 Å². The van der Waals surface area contributed by atoms with Crippen LogP contribution in [-0.4, -0.2) is 57.4 Å². The number of nitro groups is 3. The molecule has 0 unspecified atom stereocenters. The third-order valence-electron chi connectivity index (χ3n) is 9.36. The first-order chi connectivity index (χ1) is 21.0. The van der Waals surface area contributed by atoms with Crippen molar-refractivity contribution in [1.29, 1.82) is 0 Å². The van der Waals surface area contributed by atoms with Crippen molar-refractivity contribution in [2.24, 2.45) is 5.41 Å². The van der Waals surface area contributed by atoms with Crippen LogP contribution in [0.3, 0.4) is 0 Å². The first-order valence-electron chi connectivity index (χ1n) is 13.3. The van der Waals surface area contributed by atoms with E-state index in [1.54, 1.807) is 18.2 Å². The van der Waals surface area contributed by atoms with Gasteiger partial charge in [0.05, 0.1) is 57.4 Å². The highest BCUT2D eigenvalue weighted by molar-refractivity contribution is 5.83. The summed E-state index contributed by atoms with van der Waals surface area (Å²) >= 11 is 0. The molecule has 0 aromatic heterocycles. The fourth-order valence-corrected chi connectivity index (χ4v) is 8.10. The van der Waals surface area contributed by atoms with Gasteiger partial charge >= 0.3 is 17.1 Å². The maximum absolute atomic E-state index is 12.8. The Labute approximate surface area is 249 Å². The summed E-state index contributed by atoms with van der Waals surface area (Å²) in [5, 5.41) is 38.4. The van der Waals surface area contributed by atoms with Gasteiger partial charge in [-0.15, -0.1) is 0 Å². The quantitative estimate of drug-likeness (QED) is 0.228. The predicted molar refractivity (Wildman–Crippen MR) is 152 cm³/mol. The SMILES string of the molecule is COc1cc2c(c([N+](=O)[O-])c1OC)[C@H]1c3cc(OC)c(OC)c([N+](=O)[O-])c3[C@H]3c4cc(OC)c(OC)c([N+](=O)[O-])c4[C@@H]2C13C. The molecule has 0 saturated heterocycles. The van der Waals surface area contributed by atoms with Gasteiger partial charge in [0, 0.05) is 39.9 Å². The Bertz CT molecular complexity index is 1610. The van der Waals surface area contributed by atoms with Gasteiger partial charge in [-0.2, -0.15) is 0 Å². The molecule has 0 radical (unpaired) electrons. The Morgan fingerprint density at radius 2 is 0.773 bits per heavy atom. The Hall–Kier alpha value is -5.34. The molecule has 0 heterocycles. The maximum Gasteiger partial charge on any atom is 0.318 e. The molecule has 0 fully saturated rings. The van der Waals surface area contributed by atoms with Crippen LogP contribution in [0.4, 0.5) is 17.1 Å². The van der Waals surface area contributed by atoms with Gasteiger partial charge in [-0.05, 0) is 34.9 Å². The normalized spacial score (nSPS) is 21.5. The second-order valence-electron chi connectivity index (χ2n) is 10.8. The van der Waals surface area contributed by atoms with E-state index in [1.165, 1.54) is 42.7 Å². The lowest BCUT2D eigenvalue weighted by Crippen LogP contribution is -2.24. The van der Waals surface area contributed by atoms with Crippen molar-refractivity contribution in [3.05, 3.63) is 81.9 Å². The summed E-state index contributed by atoms with van der Waals surface area (Å²) in [4.78, 5) is 36.6. The van der Waals surface area contributed by atoms with Crippen LogP contribution in [0, 0.1) is 35.8 Å². The summed E-state index contributed by atoms with van der Waals surface area (Å²) in [6.45, 7) is 1.83. The van der Waals surface area contributed by atoms with Gasteiger partial charge in [0.2, 0.25) is 17.2 Å². The van der Waals surface area contributed by atoms with Gasteiger partial charge in [-0.1, -0.05) is 6.92 Å². The third-order valence-corrected chi connectivity index (χ3v) is 9.36. The fourth-order valence-electron chi connectivity index (χ4n) is 8.10. The maximum atomic E-state index is 12.8. The molecule has 3 aliphatic carbocycles. The van der Waals surface area contributed by atoms with Crippen LogP contribution >= 0.6 is 0 Å². The highest BCUT2D eigenvalue weighted by Crippen LogP contribution is 2.80. The van der Waals surface area contributed by atoms with Crippen LogP contribution in [0.5, 0.6) is 34.5 Å². The summed E-state index contributed by atoms with van der Waals surface area (Å²) in [6.07, 6.45) is 0. The average Bonchev–Trinajstić information content (AvgIpc) is 3.52. The van der Waals surface area contributed by atoms with E-state index in [0.29, 0.717) is 16.7 Å². The minimum atomic E-state index is -1.11. The molecule has 15 nitrogen and oxygen atoms in total. The van der Waals surface area contributed by atoms with E-state index in [1.807, 2.05) is 6.92 Å². The number of benzene rings is 3. The highest BCUT2D eigenvalue weighted by atomic mass is 16.6. The molecule has 15 heteroatoms. The summed E-state index contributed by atoms with van der Waals surface area (Å²) in [5.41, 5.74) is -0.402. The standard InChI is InChI=1S/C29H27N3O12/c1-29-20-11-8-14(39-2)26(42-5)23(30(33)34)17(11)21(29)13-10-16(41-4)28(44-7)25(32(37)38)19(13)22(29)12-9-15(40-3)27(43-6)24(18(12)20)31(35)36/h8-10,20-22H,1-7H3/t20-,21-,22-,29?/m1/s1.